The molecule has 0 radical (unpaired) electrons. The fraction of sp³-hybridized carbons (Fsp3) is 0.0833. The molecule has 2 N–H and O–H groups in total. The number of hydrogen-bond acceptors (Lipinski definition) is 4. The maximum absolute atomic E-state index is 11.8. The molecule has 0 aliphatic heterocycles. The second kappa shape index (κ2) is 5.07. The number of pyridine rings is 2. The fourth-order valence-electron chi connectivity index (χ4n) is 1.30. The van der Waals surface area contributed by atoms with E-state index in [-0.39, 0.29) is 5.91 Å². The Morgan fingerprint density at radius 1 is 1.12 bits per heavy atom. The number of anilines is 2. The van der Waals surface area contributed by atoms with Crippen molar-refractivity contribution < 1.29 is 4.79 Å². The van der Waals surface area contributed by atoms with Crippen molar-refractivity contribution in [2.45, 2.75) is 0 Å². The second-order valence-electron chi connectivity index (χ2n) is 3.35. The quantitative estimate of drug-likeness (QED) is 0.840. The van der Waals surface area contributed by atoms with Crippen molar-refractivity contribution in [2.75, 3.05) is 17.7 Å². The van der Waals surface area contributed by atoms with Crippen LogP contribution in [0.5, 0.6) is 0 Å². The molecule has 0 saturated carbocycles. The summed E-state index contributed by atoms with van der Waals surface area (Å²) in [5.41, 5.74) is 0.495. The summed E-state index contributed by atoms with van der Waals surface area (Å²) in [6, 6.07) is 8.78. The van der Waals surface area contributed by atoms with Gasteiger partial charge in [-0.3, -0.25) is 4.79 Å². The van der Waals surface area contributed by atoms with Gasteiger partial charge >= 0.3 is 0 Å². The van der Waals surface area contributed by atoms with Crippen LogP contribution in [0.4, 0.5) is 11.6 Å². The van der Waals surface area contributed by atoms with E-state index in [1.807, 2.05) is 6.07 Å². The van der Waals surface area contributed by atoms with E-state index in [1.165, 1.54) is 6.20 Å². The van der Waals surface area contributed by atoms with Crippen LogP contribution in [0.3, 0.4) is 0 Å². The monoisotopic (exact) mass is 228 g/mol. The lowest BCUT2D eigenvalue weighted by Gasteiger charge is -2.04. The summed E-state index contributed by atoms with van der Waals surface area (Å²) in [6.45, 7) is 0. The van der Waals surface area contributed by atoms with Gasteiger partial charge < -0.3 is 10.6 Å². The Bertz CT molecular complexity index is 496. The molecule has 0 atom stereocenters. The number of amides is 1. The van der Waals surface area contributed by atoms with Crippen LogP contribution in [0, 0.1) is 0 Å². The van der Waals surface area contributed by atoms with Crippen LogP contribution >= 0.6 is 0 Å². The standard InChI is InChI=1S/C12H12N4O/c1-13-10-6-5-9(8-15-10)12(17)16-11-4-2-3-7-14-11/h2-8H,1H3,(H,13,15)(H,14,16,17). The molecule has 5 heteroatoms. The predicted octanol–water partition coefficient (Wildman–Crippen LogP) is 1.77. The first-order chi connectivity index (χ1) is 8.29. The smallest absolute Gasteiger partial charge is 0.258 e. The number of nitrogens with zero attached hydrogens (tertiary/aromatic N) is 2. The largest absolute Gasteiger partial charge is 0.373 e. The number of carbonyl (C=O) groups is 1. The van der Waals surface area contributed by atoms with Crippen LogP contribution in [0.2, 0.25) is 0 Å². The first-order valence-corrected chi connectivity index (χ1v) is 5.16. The average Bonchev–Trinajstić information content (AvgIpc) is 2.40. The Labute approximate surface area is 98.9 Å². The molecular formula is C12H12N4O. The summed E-state index contributed by atoms with van der Waals surface area (Å²) in [6.07, 6.45) is 3.14. The summed E-state index contributed by atoms with van der Waals surface area (Å²) in [7, 11) is 1.77. The summed E-state index contributed by atoms with van der Waals surface area (Å²) in [4.78, 5) is 19.9. The van der Waals surface area contributed by atoms with Crippen molar-refractivity contribution in [3.63, 3.8) is 0 Å². The molecule has 0 bridgehead atoms. The molecule has 2 aromatic heterocycles. The first-order valence-electron chi connectivity index (χ1n) is 5.16. The highest BCUT2D eigenvalue weighted by Crippen LogP contribution is 2.07. The summed E-state index contributed by atoms with van der Waals surface area (Å²) < 4.78 is 0. The molecule has 2 aromatic rings. The molecule has 2 rings (SSSR count). The van der Waals surface area contributed by atoms with Crippen molar-refractivity contribution in [1.29, 1.82) is 0 Å². The van der Waals surface area contributed by atoms with Crippen molar-refractivity contribution in [1.82, 2.24) is 9.97 Å². The minimum atomic E-state index is -0.223. The zero-order valence-corrected chi connectivity index (χ0v) is 9.34. The zero-order valence-electron chi connectivity index (χ0n) is 9.34. The van der Waals surface area contributed by atoms with Crippen LogP contribution in [0.15, 0.2) is 42.7 Å². The number of carbonyl (C=O) groups excluding carboxylic acids is 1. The van der Waals surface area contributed by atoms with Gasteiger partial charge in [0.05, 0.1) is 5.56 Å². The van der Waals surface area contributed by atoms with Gasteiger partial charge in [0.1, 0.15) is 11.6 Å². The molecule has 2 heterocycles. The van der Waals surface area contributed by atoms with E-state index in [4.69, 9.17) is 0 Å². The minimum Gasteiger partial charge on any atom is -0.373 e. The van der Waals surface area contributed by atoms with Crippen molar-refractivity contribution in [3.05, 3.63) is 48.3 Å². The van der Waals surface area contributed by atoms with Crippen molar-refractivity contribution >= 4 is 17.5 Å². The molecule has 0 saturated heterocycles. The molecule has 86 valence electrons. The van der Waals surface area contributed by atoms with Crippen LogP contribution in [-0.4, -0.2) is 22.9 Å². The summed E-state index contributed by atoms with van der Waals surface area (Å²) in [5, 5.41) is 5.57. The van der Waals surface area contributed by atoms with Crippen LogP contribution in [-0.2, 0) is 0 Å². The van der Waals surface area contributed by atoms with E-state index in [0.717, 1.165) is 5.82 Å². The molecule has 0 aromatic carbocycles. The van der Waals surface area contributed by atoms with Crippen LogP contribution < -0.4 is 10.6 Å². The maximum atomic E-state index is 11.8. The Balaban J connectivity index is 2.09. The lowest BCUT2D eigenvalue weighted by molar-refractivity contribution is 0.102. The third kappa shape index (κ3) is 2.78. The van der Waals surface area contributed by atoms with Gasteiger partial charge in [0.2, 0.25) is 0 Å². The molecular weight excluding hydrogens is 216 g/mol. The Morgan fingerprint density at radius 3 is 2.59 bits per heavy atom. The fourth-order valence-corrected chi connectivity index (χ4v) is 1.30. The zero-order chi connectivity index (χ0) is 12.1. The molecule has 1 amide bonds. The van der Waals surface area contributed by atoms with Gasteiger partial charge in [-0.25, -0.2) is 9.97 Å². The van der Waals surface area contributed by atoms with Gasteiger partial charge in [0.25, 0.3) is 5.91 Å². The second-order valence-corrected chi connectivity index (χ2v) is 3.35. The van der Waals surface area contributed by atoms with Crippen LogP contribution in [0.1, 0.15) is 10.4 Å². The molecule has 0 fully saturated rings. The topological polar surface area (TPSA) is 66.9 Å². The van der Waals surface area contributed by atoms with Gasteiger partial charge in [-0.05, 0) is 24.3 Å². The molecule has 0 unspecified atom stereocenters. The first kappa shape index (κ1) is 11.1. The third-order valence-corrected chi connectivity index (χ3v) is 2.19. The Hall–Kier alpha value is -2.43. The van der Waals surface area contributed by atoms with E-state index >= 15 is 0 Å². The highest BCUT2D eigenvalue weighted by atomic mass is 16.1. The summed E-state index contributed by atoms with van der Waals surface area (Å²) >= 11 is 0. The van der Waals surface area contributed by atoms with Gasteiger partial charge in [0, 0.05) is 19.4 Å². The molecule has 0 aliphatic rings. The minimum absolute atomic E-state index is 0.223. The van der Waals surface area contributed by atoms with E-state index in [9.17, 15) is 4.79 Å². The number of rotatable bonds is 3. The molecule has 17 heavy (non-hydrogen) atoms. The Morgan fingerprint density at radius 2 is 2.00 bits per heavy atom. The number of hydrogen-bond donors (Lipinski definition) is 2. The van der Waals surface area contributed by atoms with Crippen LogP contribution in [0.25, 0.3) is 0 Å². The summed E-state index contributed by atoms with van der Waals surface area (Å²) in [5.74, 6) is 1.02. The highest BCUT2D eigenvalue weighted by molar-refractivity contribution is 6.03. The van der Waals surface area contributed by atoms with E-state index < -0.39 is 0 Å². The van der Waals surface area contributed by atoms with Crippen molar-refractivity contribution in [2.24, 2.45) is 0 Å². The molecule has 5 nitrogen and oxygen atoms in total. The van der Waals surface area contributed by atoms with Gasteiger partial charge in [-0.15, -0.1) is 0 Å². The third-order valence-electron chi connectivity index (χ3n) is 2.19. The SMILES string of the molecule is CNc1ccc(C(=O)Nc2ccccn2)cn1. The molecule has 0 aliphatic carbocycles. The maximum Gasteiger partial charge on any atom is 0.258 e. The normalized spacial score (nSPS) is 9.71. The van der Waals surface area contributed by atoms with E-state index in [0.29, 0.717) is 11.4 Å². The van der Waals surface area contributed by atoms with E-state index in [2.05, 4.69) is 20.6 Å². The number of aromatic nitrogens is 2. The highest BCUT2D eigenvalue weighted by Gasteiger charge is 2.06. The van der Waals surface area contributed by atoms with Crippen molar-refractivity contribution in [3.8, 4) is 0 Å². The Kier molecular flexibility index (Phi) is 3.30. The van der Waals surface area contributed by atoms with Gasteiger partial charge in [-0.1, -0.05) is 6.07 Å². The number of nitrogens with one attached hydrogen (secondary N) is 2. The average molecular weight is 228 g/mol. The van der Waals surface area contributed by atoms with Gasteiger partial charge in [-0.2, -0.15) is 0 Å². The lowest BCUT2D eigenvalue weighted by Crippen LogP contribution is -2.13. The van der Waals surface area contributed by atoms with Gasteiger partial charge in [0.15, 0.2) is 0 Å². The van der Waals surface area contributed by atoms with E-state index in [1.54, 1.807) is 37.5 Å². The molecule has 0 spiro atoms. The predicted molar refractivity (Wildman–Crippen MR) is 66.0 cm³/mol. The lowest BCUT2D eigenvalue weighted by atomic mass is 10.2.